The quantitative estimate of drug-likeness (QED) is 0.157. The van der Waals surface area contributed by atoms with Crippen LogP contribution >= 0.6 is 0 Å². The van der Waals surface area contributed by atoms with Crippen molar-refractivity contribution in [2.24, 2.45) is 0 Å². The number of fused-ring (bicyclic) bond motifs is 3. The minimum atomic E-state index is 0.303. The SMILES string of the molecule is OCCCCCCCCOc1ccc(-n2c3ccc(-c4ccccc4)cc3c3cc(-c4ccccc4)ccc32)cc1. The highest BCUT2D eigenvalue weighted by Crippen LogP contribution is 2.37. The summed E-state index contributed by atoms with van der Waals surface area (Å²) in [6.07, 6.45) is 6.64. The molecular formula is C38H37NO2. The van der Waals surface area contributed by atoms with Crippen LogP contribution in [0.2, 0.25) is 0 Å². The fourth-order valence-electron chi connectivity index (χ4n) is 5.72. The third-order valence-electron chi connectivity index (χ3n) is 7.90. The van der Waals surface area contributed by atoms with Crippen molar-refractivity contribution in [2.75, 3.05) is 13.2 Å². The molecule has 0 spiro atoms. The third kappa shape index (κ3) is 6.06. The fourth-order valence-corrected chi connectivity index (χ4v) is 5.72. The third-order valence-corrected chi connectivity index (χ3v) is 7.90. The van der Waals surface area contributed by atoms with E-state index < -0.39 is 0 Å². The molecule has 6 rings (SSSR count). The number of nitrogens with zero attached hydrogens (tertiary/aromatic N) is 1. The number of aliphatic hydroxyl groups excluding tert-OH is 1. The lowest BCUT2D eigenvalue weighted by molar-refractivity contribution is 0.280. The van der Waals surface area contributed by atoms with Crippen LogP contribution in [0.15, 0.2) is 121 Å². The second-order valence-electron chi connectivity index (χ2n) is 10.7. The van der Waals surface area contributed by atoms with E-state index in [1.54, 1.807) is 0 Å². The minimum absolute atomic E-state index is 0.303. The summed E-state index contributed by atoms with van der Waals surface area (Å²) in [6, 6.07) is 43.3. The van der Waals surface area contributed by atoms with Crippen LogP contribution in [0, 0.1) is 0 Å². The van der Waals surface area contributed by atoms with Gasteiger partial charge in [-0.1, -0.05) is 98.5 Å². The van der Waals surface area contributed by atoms with E-state index in [-0.39, 0.29) is 0 Å². The number of hydrogen-bond acceptors (Lipinski definition) is 2. The van der Waals surface area contributed by atoms with Crippen molar-refractivity contribution in [2.45, 2.75) is 38.5 Å². The van der Waals surface area contributed by atoms with Gasteiger partial charge in [0.25, 0.3) is 0 Å². The largest absolute Gasteiger partial charge is 0.494 e. The van der Waals surface area contributed by atoms with E-state index in [1.165, 1.54) is 63.3 Å². The fraction of sp³-hybridized carbons (Fsp3) is 0.211. The minimum Gasteiger partial charge on any atom is -0.494 e. The molecule has 1 aromatic heterocycles. The van der Waals surface area contributed by atoms with E-state index in [9.17, 15) is 0 Å². The molecule has 3 nitrogen and oxygen atoms in total. The highest BCUT2D eigenvalue weighted by molar-refractivity contribution is 6.11. The van der Waals surface area contributed by atoms with E-state index in [0.29, 0.717) is 6.61 Å². The molecule has 1 N–H and O–H groups in total. The maximum Gasteiger partial charge on any atom is 0.119 e. The number of ether oxygens (including phenoxy) is 1. The summed E-state index contributed by atoms with van der Waals surface area (Å²) in [5.74, 6) is 0.910. The predicted molar refractivity (Wildman–Crippen MR) is 172 cm³/mol. The standard InChI is InChI=1S/C38H37NO2/c40-25-11-3-1-2-4-12-26-41-34-21-19-33(20-22-34)39-37-23-17-31(29-13-7-5-8-14-29)27-35(37)36-28-32(18-24-38(36)39)30-15-9-6-10-16-30/h5-10,13-24,27-28,40H,1-4,11-12,25-26H2. The molecule has 0 saturated carbocycles. The van der Waals surface area contributed by atoms with Crippen molar-refractivity contribution >= 4 is 21.8 Å². The highest BCUT2D eigenvalue weighted by atomic mass is 16.5. The van der Waals surface area contributed by atoms with Gasteiger partial charge in [0.2, 0.25) is 0 Å². The summed E-state index contributed by atoms with van der Waals surface area (Å²) in [5.41, 5.74) is 8.40. The summed E-state index contributed by atoms with van der Waals surface area (Å²) in [6.45, 7) is 1.04. The Morgan fingerprint density at radius 1 is 0.488 bits per heavy atom. The van der Waals surface area contributed by atoms with Gasteiger partial charge in [0.1, 0.15) is 5.75 Å². The van der Waals surface area contributed by atoms with Gasteiger partial charge >= 0.3 is 0 Å². The molecule has 5 aromatic carbocycles. The lowest BCUT2D eigenvalue weighted by Gasteiger charge is -2.11. The molecule has 0 atom stereocenters. The van der Waals surface area contributed by atoms with Gasteiger partial charge in [-0.3, -0.25) is 0 Å². The first-order valence-corrected chi connectivity index (χ1v) is 14.8. The first-order valence-electron chi connectivity index (χ1n) is 14.8. The lowest BCUT2D eigenvalue weighted by Crippen LogP contribution is -1.98. The lowest BCUT2D eigenvalue weighted by atomic mass is 10.0. The molecule has 0 amide bonds. The van der Waals surface area contributed by atoms with Crippen LogP contribution in [-0.2, 0) is 0 Å². The van der Waals surface area contributed by atoms with Crippen LogP contribution in [0.4, 0.5) is 0 Å². The summed E-state index contributed by atoms with van der Waals surface area (Å²) < 4.78 is 8.43. The number of benzene rings is 5. The molecule has 41 heavy (non-hydrogen) atoms. The van der Waals surface area contributed by atoms with Crippen molar-refractivity contribution < 1.29 is 9.84 Å². The Balaban J connectivity index is 1.31. The first-order chi connectivity index (χ1) is 20.3. The first kappa shape index (κ1) is 26.9. The molecule has 0 aliphatic carbocycles. The Kier molecular flexibility index (Phi) is 8.44. The van der Waals surface area contributed by atoms with Gasteiger partial charge in [0.05, 0.1) is 17.6 Å². The summed E-state index contributed by atoms with van der Waals surface area (Å²) in [7, 11) is 0. The summed E-state index contributed by atoms with van der Waals surface area (Å²) in [5, 5.41) is 11.4. The van der Waals surface area contributed by atoms with Crippen molar-refractivity contribution in [3.05, 3.63) is 121 Å². The van der Waals surface area contributed by atoms with Gasteiger partial charge in [-0.2, -0.15) is 0 Å². The molecule has 206 valence electrons. The summed E-state index contributed by atoms with van der Waals surface area (Å²) in [4.78, 5) is 0. The van der Waals surface area contributed by atoms with E-state index in [0.717, 1.165) is 37.3 Å². The van der Waals surface area contributed by atoms with Crippen LogP contribution in [-0.4, -0.2) is 22.9 Å². The number of aromatic nitrogens is 1. The molecule has 0 saturated heterocycles. The Bertz CT molecular complexity index is 1610. The van der Waals surface area contributed by atoms with Gasteiger partial charge in [-0.15, -0.1) is 0 Å². The second-order valence-corrected chi connectivity index (χ2v) is 10.7. The molecule has 3 heteroatoms. The molecule has 0 radical (unpaired) electrons. The van der Waals surface area contributed by atoms with Crippen molar-refractivity contribution in [3.63, 3.8) is 0 Å². The molecule has 0 fully saturated rings. The van der Waals surface area contributed by atoms with E-state index in [4.69, 9.17) is 9.84 Å². The van der Waals surface area contributed by atoms with Crippen LogP contribution in [0.5, 0.6) is 5.75 Å². The predicted octanol–water partition coefficient (Wildman–Crippen LogP) is 9.83. The van der Waals surface area contributed by atoms with E-state index >= 15 is 0 Å². The normalized spacial score (nSPS) is 11.3. The molecule has 0 bridgehead atoms. The van der Waals surface area contributed by atoms with Crippen LogP contribution in [0.1, 0.15) is 38.5 Å². The van der Waals surface area contributed by atoms with E-state index in [1.807, 2.05) is 0 Å². The van der Waals surface area contributed by atoms with Gasteiger partial charge in [0, 0.05) is 23.1 Å². The number of aliphatic hydroxyl groups is 1. The number of rotatable bonds is 12. The number of unbranched alkanes of at least 4 members (excludes halogenated alkanes) is 5. The Hall–Kier alpha value is -4.34. The smallest absolute Gasteiger partial charge is 0.119 e. The Labute approximate surface area is 242 Å². The molecule has 0 unspecified atom stereocenters. The zero-order chi connectivity index (χ0) is 27.9. The Morgan fingerprint density at radius 3 is 1.54 bits per heavy atom. The second kappa shape index (κ2) is 12.9. The monoisotopic (exact) mass is 539 g/mol. The van der Waals surface area contributed by atoms with Crippen molar-refractivity contribution in [1.29, 1.82) is 0 Å². The maximum absolute atomic E-state index is 8.90. The van der Waals surface area contributed by atoms with Gasteiger partial charge < -0.3 is 14.4 Å². The highest BCUT2D eigenvalue weighted by Gasteiger charge is 2.15. The molecule has 1 heterocycles. The van der Waals surface area contributed by atoms with Gasteiger partial charge in [-0.25, -0.2) is 0 Å². The molecule has 6 aromatic rings. The summed E-state index contributed by atoms with van der Waals surface area (Å²) >= 11 is 0. The molecular weight excluding hydrogens is 502 g/mol. The number of hydrogen-bond donors (Lipinski definition) is 1. The van der Waals surface area contributed by atoms with Crippen molar-refractivity contribution in [1.82, 2.24) is 4.57 Å². The zero-order valence-electron chi connectivity index (χ0n) is 23.5. The van der Waals surface area contributed by atoms with Gasteiger partial charge in [0.15, 0.2) is 0 Å². The van der Waals surface area contributed by atoms with Crippen LogP contribution in [0.3, 0.4) is 0 Å². The maximum atomic E-state index is 8.90. The topological polar surface area (TPSA) is 34.4 Å². The van der Waals surface area contributed by atoms with Crippen LogP contribution in [0.25, 0.3) is 49.7 Å². The molecule has 0 aliphatic rings. The van der Waals surface area contributed by atoms with Gasteiger partial charge in [-0.05, 0) is 83.6 Å². The average Bonchev–Trinajstić information content (AvgIpc) is 3.36. The van der Waals surface area contributed by atoms with Crippen molar-refractivity contribution in [3.8, 4) is 33.7 Å². The zero-order valence-corrected chi connectivity index (χ0v) is 23.5. The van der Waals surface area contributed by atoms with E-state index in [2.05, 4.69) is 126 Å². The van der Waals surface area contributed by atoms with Crippen LogP contribution < -0.4 is 4.74 Å². The Morgan fingerprint density at radius 2 is 1.00 bits per heavy atom. The molecule has 0 aliphatic heterocycles. The average molecular weight is 540 g/mol.